The van der Waals surface area contributed by atoms with E-state index in [9.17, 15) is 18.7 Å². The fourth-order valence-electron chi connectivity index (χ4n) is 4.41. The van der Waals surface area contributed by atoms with E-state index in [2.05, 4.69) is 30.7 Å². The van der Waals surface area contributed by atoms with E-state index in [1.165, 1.54) is 17.1 Å². The molecule has 0 aliphatic heterocycles. The number of amides is 1. The van der Waals surface area contributed by atoms with Crippen molar-refractivity contribution in [2.75, 3.05) is 17.2 Å². The number of halogens is 2. The van der Waals surface area contributed by atoms with Gasteiger partial charge in [-0.15, -0.1) is 0 Å². The van der Waals surface area contributed by atoms with E-state index in [-0.39, 0.29) is 53.7 Å². The van der Waals surface area contributed by atoms with Crippen molar-refractivity contribution in [3.63, 3.8) is 0 Å². The summed E-state index contributed by atoms with van der Waals surface area (Å²) in [5.41, 5.74) is 1.35. The molecule has 0 atom stereocenters. The Labute approximate surface area is 233 Å². The van der Waals surface area contributed by atoms with Gasteiger partial charge in [-0.1, -0.05) is 18.2 Å². The molecule has 1 aliphatic rings. The first kappa shape index (κ1) is 26.1. The number of pyridine rings is 1. The summed E-state index contributed by atoms with van der Waals surface area (Å²) in [6.07, 6.45) is 4.51. The standard InChI is InChI=1S/C29H25F2N7O3/c1-2-41-18-12-21(30)20(22(31)13-18)15-38-23-6-4-3-5-19(23)26(37-38)28-33-14-24(39)27(36-28)34-17-9-10-32-25(11-17)35-29(40)16-7-8-16/h3-6,9-14,16,39H,2,7-8,15H2,1H3,(H2,32,33,34,35,36,40). The minimum atomic E-state index is -0.744. The Morgan fingerprint density at radius 3 is 2.66 bits per heavy atom. The largest absolute Gasteiger partial charge is 0.503 e. The van der Waals surface area contributed by atoms with Crippen LogP contribution in [-0.4, -0.2) is 42.4 Å². The van der Waals surface area contributed by atoms with Gasteiger partial charge in [0.2, 0.25) is 5.91 Å². The van der Waals surface area contributed by atoms with Gasteiger partial charge in [0.15, 0.2) is 17.4 Å². The number of hydrogen-bond acceptors (Lipinski definition) is 8. The number of aromatic nitrogens is 5. The lowest BCUT2D eigenvalue weighted by Gasteiger charge is -2.10. The summed E-state index contributed by atoms with van der Waals surface area (Å²) >= 11 is 0. The highest BCUT2D eigenvalue weighted by atomic mass is 19.1. The minimum absolute atomic E-state index is 0.0268. The second kappa shape index (κ2) is 10.8. The molecule has 2 aromatic carbocycles. The highest BCUT2D eigenvalue weighted by molar-refractivity contribution is 5.94. The van der Waals surface area contributed by atoms with Crippen molar-refractivity contribution in [3.05, 3.63) is 78.1 Å². The Morgan fingerprint density at radius 1 is 1.12 bits per heavy atom. The fourth-order valence-corrected chi connectivity index (χ4v) is 4.41. The Morgan fingerprint density at radius 2 is 1.90 bits per heavy atom. The maximum Gasteiger partial charge on any atom is 0.228 e. The first-order valence-corrected chi connectivity index (χ1v) is 13.1. The average Bonchev–Trinajstić information content (AvgIpc) is 3.75. The number of carbonyl (C=O) groups excluding carboxylic acids is 1. The van der Waals surface area contributed by atoms with Crippen molar-refractivity contribution in [1.82, 2.24) is 24.7 Å². The molecule has 10 nitrogen and oxygen atoms in total. The predicted octanol–water partition coefficient (Wildman–Crippen LogP) is 5.41. The molecule has 1 amide bonds. The fraction of sp³-hybridized carbons (Fsp3) is 0.207. The lowest BCUT2D eigenvalue weighted by Crippen LogP contribution is -2.14. The van der Waals surface area contributed by atoms with E-state index in [1.54, 1.807) is 37.3 Å². The van der Waals surface area contributed by atoms with Crippen LogP contribution in [0.1, 0.15) is 25.3 Å². The van der Waals surface area contributed by atoms with Crippen molar-refractivity contribution in [2.45, 2.75) is 26.3 Å². The molecule has 6 rings (SSSR count). The molecule has 0 spiro atoms. The van der Waals surface area contributed by atoms with Gasteiger partial charge in [0.05, 0.1) is 24.9 Å². The molecule has 0 unspecified atom stereocenters. The van der Waals surface area contributed by atoms with Gasteiger partial charge in [0.1, 0.15) is 28.9 Å². The van der Waals surface area contributed by atoms with Gasteiger partial charge in [-0.05, 0) is 31.9 Å². The van der Waals surface area contributed by atoms with E-state index < -0.39 is 11.6 Å². The van der Waals surface area contributed by atoms with Crippen LogP contribution >= 0.6 is 0 Å². The van der Waals surface area contributed by atoms with Crippen molar-refractivity contribution in [3.8, 4) is 23.0 Å². The number of benzene rings is 2. The Hall–Kier alpha value is -5.13. The quantitative estimate of drug-likeness (QED) is 0.220. The minimum Gasteiger partial charge on any atom is -0.503 e. The number of rotatable bonds is 9. The number of anilines is 3. The van der Waals surface area contributed by atoms with E-state index in [0.29, 0.717) is 28.1 Å². The van der Waals surface area contributed by atoms with Gasteiger partial charge >= 0.3 is 0 Å². The number of para-hydroxylation sites is 1. The number of fused-ring (bicyclic) bond motifs is 1. The smallest absolute Gasteiger partial charge is 0.228 e. The number of hydrogen-bond donors (Lipinski definition) is 3. The zero-order chi connectivity index (χ0) is 28.5. The van der Waals surface area contributed by atoms with Crippen LogP contribution in [0.15, 0.2) is 60.9 Å². The third-order valence-corrected chi connectivity index (χ3v) is 6.59. The van der Waals surface area contributed by atoms with E-state index >= 15 is 0 Å². The van der Waals surface area contributed by atoms with Crippen molar-refractivity contribution >= 4 is 34.1 Å². The van der Waals surface area contributed by atoms with Crippen LogP contribution < -0.4 is 15.4 Å². The Balaban J connectivity index is 1.31. The molecular formula is C29H25F2N7O3. The van der Waals surface area contributed by atoms with Crippen LogP contribution in [0.25, 0.3) is 22.4 Å². The molecule has 3 aromatic heterocycles. The zero-order valence-electron chi connectivity index (χ0n) is 21.9. The summed E-state index contributed by atoms with van der Waals surface area (Å²) in [5.74, 6) is -0.976. The molecule has 0 bridgehead atoms. The molecule has 208 valence electrons. The van der Waals surface area contributed by atoms with Crippen molar-refractivity contribution in [1.29, 1.82) is 0 Å². The molecule has 0 radical (unpaired) electrons. The molecule has 41 heavy (non-hydrogen) atoms. The highest BCUT2D eigenvalue weighted by Gasteiger charge is 2.29. The number of nitrogens with zero attached hydrogens (tertiary/aromatic N) is 5. The third-order valence-electron chi connectivity index (χ3n) is 6.59. The summed E-state index contributed by atoms with van der Waals surface area (Å²) in [5, 5.41) is 21.6. The van der Waals surface area contributed by atoms with Gasteiger partial charge in [-0.25, -0.2) is 23.7 Å². The lowest BCUT2D eigenvalue weighted by molar-refractivity contribution is -0.117. The molecule has 1 fully saturated rings. The second-order valence-electron chi connectivity index (χ2n) is 9.57. The van der Waals surface area contributed by atoms with Gasteiger partial charge in [0, 0.05) is 47.0 Å². The van der Waals surface area contributed by atoms with Crippen LogP contribution in [0.3, 0.4) is 0 Å². The number of ether oxygens (including phenoxy) is 1. The van der Waals surface area contributed by atoms with E-state index in [0.717, 1.165) is 25.0 Å². The molecule has 12 heteroatoms. The molecule has 0 saturated heterocycles. The molecule has 1 aliphatic carbocycles. The summed E-state index contributed by atoms with van der Waals surface area (Å²) in [4.78, 5) is 25.0. The predicted molar refractivity (Wildman–Crippen MR) is 148 cm³/mol. The Bertz CT molecular complexity index is 1750. The van der Waals surface area contributed by atoms with Crippen LogP contribution in [-0.2, 0) is 11.3 Å². The van der Waals surface area contributed by atoms with Gasteiger partial charge in [-0.2, -0.15) is 5.10 Å². The average molecular weight is 558 g/mol. The van der Waals surface area contributed by atoms with Crippen molar-refractivity contribution < 1.29 is 23.4 Å². The highest BCUT2D eigenvalue weighted by Crippen LogP contribution is 2.32. The van der Waals surface area contributed by atoms with Gasteiger partial charge in [-0.3, -0.25) is 9.48 Å². The maximum atomic E-state index is 14.8. The topological polar surface area (TPSA) is 127 Å². The first-order chi connectivity index (χ1) is 19.9. The van der Waals surface area contributed by atoms with E-state index in [1.807, 2.05) is 6.07 Å². The van der Waals surface area contributed by atoms with Crippen LogP contribution in [0.2, 0.25) is 0 Å². The summed E-state index contributed by atoms with van der Waals surface area (Å²) in [6, 6.07) is 12.8. The maximum absolute atomic E-state index is 14.8. The first-order valence-electron chi connectivity index (χ1n) is 13.1. The zero-order valence-corrected chi connectivity index (χ0v) is 21.9. The molecule has 5 aromatic rings. The Kier molecular flexibility index (Phi) is 6.88. The number of aromatic hydroxyl groups is 1. The second-order valence-corrected chi connectivity index (χ2v) is 9.57. The monoisotopic (exact) mass is 557 g/mol. The van der Waals surface area contributed by atoms with Crippen LogP contribution in [0.4, 0.5) is 26.1 Å². The molecule has 3 heterocycles. The normalized spacial score (nSPS) is 12.9. The molecule has 3 N–H and O–H groups in total. The van der Waals surface area contributed by atoms with Crippen LogP contribution in [0, 0.1) is 17.6 Å². The third kappa shape index (κ3) is 5.49. The van der Waals surface area contributed by atoms with Gasteiger partial charge < -0.3 is 20.5 Å². The van der Waals surface area contributed by atoms with Crippen molar-refractivity contribution in [2.24, 2.45) is 5.92 Å². The molecule has 1 saturated carbocycles. The summed E-state index contributed by atoms with van der Waals surface area (Å²) in [6.45, 7) is 1.84. The molecular weight excluding hydrogens is 532 g/mol. The lowest BCUT2D eigenvalue weighted by atomic mass is 10.1. The summed E-state index contributed by atoms with van der Waals surface area (Å²) in [7, 11) is 0. The number of carbonyl (C=O) groups is 1. The van der Waals surface area contributed by atoms with E-state index in [4.69, 9.17) is 4.74 Å². The van der Waals surface area contributed by atoms with Gasteiger partial charge in [0.25, 0.3) is 0 Å². The van der Waals surface area contributed by atoms with Crippen LogP contribution in [0.5, 0.6) is 11.5 Å². The SMILES string of the molecule is CCOc1cc(F)c(Cn2nc(-c3ncc(O)c(Nc4ccnc(NC(=O)C5CC5)c4)n3)c3ccccc32)c(F)c1. The number of nitrogens with one attached hydrogen (secondary N) is 2. The summed E-state index contributed by atoms with van der Waals surface area (Å²) < 4.78 is 36.4.